The van der Waals surface area contributed by atoms with E-state index in [-0.39, 0.29) is 23.4 Å². The molecule has 0 saturated carbocycles. The van der Waals surface area contributed by atoms with Crippen molar-refractivity contribution in [1.29, 1.82) is 0 Å². The number of ether oxygens (including phenoxy) is 1. The van der Waals surface area contributed by atoms with E-state index in [1.165, 1.54) is 7.11 Å². The fourth-order valence-corrected chi connectivity index (χ4v) is 3.69. The van der Waals surface area contributed by atoms with Crippen molar-refractivity contribution in [2.24, 2.45) is 11.8 Å². The summed E-state index contributed by atoms with van der Waals surface area (Å²) in [4.78, 5) is 25.6. The quantitative estimate of drug-likeness (QED) is 0.734. The van der Waals surface area contributed by atoms with Crippen LogP contribution in [-0.2, 0) is 0 Å². The number of Topliss-reactive ketones (excluding diaryl/α,β-unsaturated/α-hetero) is 2. The van der Waals surface area contributed by atoms with Gasteiger partial charge < -0.3 is 4.74 Å². The lowest BCUT2D eigenvalue weighted by molar-refractivity contribution is 0.0947. The molecule has 0 aliphatic heterocycles. The summed E-state index contributed by atoms with van der Waals surface area (Å²) >= 11 is 0. The SMILES string of the molecule is COc1cccc2c1C(=O)C1=C(C2=O)[C@@H]2C=C[C@H]1CC2. The third-order valence-corrected chi connectivity index (χ3v) is 4.60. The van der Waals surface area contributed by atoms with Gasteiger partial charge in [-0.2, -0.15) is 0 Å². The van der Waals surface area contributed by atoms with E-state index in [9.17, 15) is 9.59 Å². The van der Waals surface area contributed by atoms with Gasteiger partial charge in [0.05, 0.1) is 12.7 Å². The van der Waals surface area contributed by atoms with Crippen LogP contribution in [0.15, 0.2) is 41.5 Å². The lowest BCUT2D eigenvalue weighted by Crippen LogP contribution is -2.35. The molecular formula is C17H14O3. The van der Waals surface area contributed by atoms with Gasteiger partial charge in [-0.15, -0.1) is 0 Å². The number of rotatable bonds is 1. The second-order valence-corrected chi connectivity index (χ2v) is 5.54. The molecule has 0 aromatic heterocycles. The van der Waals surface area contributed by atoms with Crippen molar-refractivity contribution in [2.75, 3.05) is 7.11 Å². The lowest BCUT2D eigenvalue weighted by atomic mass is 9.65. The number of hydrogen-bond acceptors (Lipinski definition) is 3. The van der Waals surface area contributed by atoms with Gasteiger partial charge in [-0.1, -0.05) is 24.3 Å². The highest BCUT2D eigenvalue weighted by atomic mass is 16.5. The third kappa shape index (κ3) is 1.30. The van der Waals surface area contributed by atoms with E-state index in [4.69, 9.17) is 4.74 Å². The molecule has 1 aromatic rings. The summed E-state index contributed by atoms with van der Waals surface area (Å²) < 4.78 is 5.28. The number of carbonyl (C=O) groups is 2. The van der Waals surface area contributed by atoms with E-state index in [0.717, 1.165) is 18.4 Å². The fourth-order valence-electron chi connectivity index (χ4n) is 3.69. The molecule has 0 fully saturated rings. The molecule has 2 bridgehead atoms. The van der Waals surface area contributed by atoms with Crippen LogP contribution < -0.4 is 4.74 Å². The highest BCUT2D eigenvalue weighted by Crippen LogP contribution is 2.47. The van der Waals surface area contributed by atoms with Crippen molar-refractivity contribution >= 4 is 11.6 Å². The highest BCUT2D eigenvalue weighted by molar-refractivity contribution is 6.28. The van der Waals surface area contributed by atoms with Gasteiger partial charge in [0.2, 0.25) is 0 Å². The number of benzene rings is 1. The Morgan fingerprint density at radius 2 is 1.65 bits per heavy atom. The van der Waals surface area contributed by atoms with Crippen LogP contribution in [0.5, 0.6) is 5.75 Å². The molecule has 0 saturated heterocycles. The van der Waals surface area contributed by atoms with Gasteiger partial charge >= 0.3 is 0 Å². The van der Waals surface area contributed by atoms with Crippen LogP contribution in [0.3, 0.4) is 0 Å². The van der Waals surface area contributed by atoms with Crippen LogP contribution in [0.4, 0.5) is 0 Å². The van der Waals surface area contributed by atoms with Crippen molar-refractivity contribution in [1.82, 2.24) is 0 Å². The Balaban J connectivity index is 1.98. The Kier molecular flexibility index (Phi) is 2.28. The summed E-state index contributed by atoms with van der Waals surface area (Å²) in [7, 11) is 1.53. The van der Waals surface area contributed by atoms with E-state index >= 15 is 0 Å². The first-order valence-electron chi connectivity index (χ1n) is 6.91. The molecule has 0 radical (unpaired) electrons. The van der Waals surface area contributed by atoms with E-state index < -0.39 is 0 Å². The molecule has 3 heteroatoms. The van der Waals surface area contributed by atoms with Crippen molar-refractivity contribution in [3.63, 3.8) is 0 Å². The van der Waals surface area contributed by atoms with Crippen molar-refractivity contribution in [3.8, 4) is 5.75 Å². The smallest absolute Gasteiger partial charge is 0.194 e. The predicted molar refractivity (Wildman–Crippen MR) is 74.0 cm³/mol. The molecule has 1 aromatic carbocycles. The van der Waals surface area contributed by atoms with Crippen LogP contribution in [-0.4, -0.2) is 18.7 Å². The molecule has 0 heterocycles. The van der Waals surface area contributed by atoms with E-state index in [1.807, 2.05) is 0 Å². The minimum atomic E-state index is -0.0221. The summed E-state index contributed by atoms with van der Waals surface area (Å²) in [5.41, 5.74) is 2.38. The topological polar surface area (TPSA) is 43.4 Å². The molecule has 20 heavy (non-hydrogen) atoms. The molecular weight excluding hydrogens is 252 g/mol. The molecule has 5 rings (SSSR count). The zero-order valence-electron chi connectivity index (χ0n) is 11.2. The zero-order chi connectivity index (χ0) is 13.9. The van der Waals surface area contributed by atoms with E-state index in [2.05, 4.69) is 12.2 Å². The first-order chi connectivity index (χ1) is 9.72. The van der Waals surface area contributed by atoms with Crippen LogP contribution >= 0.6 is 0 Å². The highest BCUT2D eigenvalue weighted by Gasteiger charge is 2.43. The summed E-state index contributed by atoms with van der Waals surface area (Å²) in [6.45, 7) is 0. The lowest BCUT2D eigenvalue weighted by Gasteiger charge is -2.37. The second kappa shape index (κ2) is 3.92. The first-order valence-corrected chi connectivity index (χ1v) is 6.91. The van der Waals surface area contributed by atoms with Crippen molar-refractivity contribution in [2.45, 2.75) is 12.8 Å². The molecule has 0 amide bonds. The molecule has 4 aliphatic rings. The Bertz CT molecular complexity index is 709. The number of carbonyl (C=O) groups excluding carboxylic acids is 2. The van der Waals surface area contributed by atoms with E-state index in [1.54, 1.807) is 18.2 Å². The molecule has 3 nitrogen and oxygen atoms in total. The maximum atomic E-state index is 12.8. The van der Waals surface area contributed by atoms with Crippen molar-refractivity contribution in [3.05, 3.63) is 52.6 Å². The van der Waals surface area contributed by atoms with Gasteiger partial charge in [0.25, 0.3) is 0 Å². The number of methoxy groups -OCH3 is 1. The summed E-state index contributed by atoms with van der Waals surface area (Å²) in [6, 6.07) is 5.24. The Hall–Kier alpha value is -2.16. The second-order valence-electron chi connectivity index (χ2n) is 5.54. The summed E-state index contributed by atoms with van der Waals surface area (Å²) in [5, 5.41) is 0. The largest absolute Gasteiger partial charge is 0.496 e. The molecule has 4 aliphatic carbocycles. The minimum Gasteiger partial charge on any atom is -0.496 e. The number of fused-ring (bicyclic) bond motifs is 2. The minimum absolute atomic E-state index is 0.00699. The molecule has 100 valence electrons. The van der Waals surface area contributed by atoms with Gasteiger partial charge in [0, 0.05) is 28.5 Å². The van der Waals surface area contributed by atoms with Crippen LogP contribution in [0, 0.1) is 11.8 Å². The molecule has 0 unspecified atom stereocenters. The first kappa shape index (κ1) is 11.6. The summed E-state index contributed by atoms with van der Waals surface area (Å²) in [5.74, 6) is 0.701. The fraction of sp³-hybridized carbons (Fsp3) is 0.294. The average Bonchev–Trinajstić information content (AvgIpc) is 2.52. The molecule has 0 spiro atoms. The van der Waals surface area contributed by atoms with Gasteiger partial charge in [-0.25, -0.2) is 0 Å². The maximum absolute atomic E-state index is 12.8. The molecule has 0 N–H and O–H groups in total. The molecule has 2 atom stereocenters. The maximum Gasteiger partial charge on any atom is 0.194 e. The van der Waals surface area contributed by atoms with Gasteiger partial charge in [-0.05, 0) is 18.9 Å². The van der Waals surface area contributed by atoms with Gasteiger partial charge in [0.1, 0.15) is 5.75 Å². The number of ketones is 2. The normalized spacial score (nSPS) is 26.6. The Labute approximate surface area is 116 Å². The van der Waals surface area contributed by atoms with Gasteiger partial charge in [0.15, 0.2) is 11.6 Å². The standard InChI is InChI=1S/C17H14O3/c1-20-12-4-2-3-11-15(12)17(19)14-10-7-5-9(6-8-10)13(14)16(11)18/h2-5,7,9-10H,6,8H2,1H3/t9-,10+/m1/s1. The monoisotopic (exact) mass is 266 g/mol. The third-order valence-electron chi connectivity index (χ3n) is 4.60. The van der Waals surface area contributed by atoms with Crippen molar-refractivity contribution < 1.29 is 14.3 Å². The van der Waals surface area contributed by atoms with Crippen LogP contribution in [0.2, 0.25) is 0 Å². The van der Waals surface area contributed by atoms with E-state index in [0.29, 0.717) is 22.4 Å². The number of allylic oxidation sites excluding steroid dienone is 4. The number of hydrogen-bond donors (Lipinski definition) is 0. The zero-order valence-corrected chi connectivity index (χ0v) is 11.2. The van der Waals surface area contributed by atoms with Crippen LogP contribution in [0.1, 0.15) is 33.6 Å². The Morgan fingerprint density at radius 3 is 2.25 bits per heavy atom. The van der Waals surface area contributed by atoms with Crippen LogP contribution in [0.25, 0.3) is 0 Å². The Morgan fingerprint density at radius 1 is 1.00 bits per heavy atom. The predicted octanol–water partition coefficient (Wildman–Crippen LogP) is 2.97. The average molecular weight is 266 g/mol. The van der Waals surface area contributed by atoms with Gasteiger partial charge in [-0.3, -0.25) is 9.59 Å². The summed E-state index contributed by atoms with van der Waals surface area (Å²) in [6.07, 6.45) is 6.10.